The van der Waals surface area contributed by atoms with E-state index in [9.17, 15) is 13.6 Å². The highest BCUT2D eigenvalue weighted by Crippen LogP contribution is 2.17. The van der Waals surface area contributed by atoms with E-state index >= 15 is 0 Å². The number of carbonyl (C=O) groups excluding carboxylic acids is 1. The van der Waals surface area contributed by atoms with Crippen LogP contribution in [-0.2, 0) is 6.61 Å². The van der Waals surface area contributed by atoms with Gasteiger partial charge >= 0.3 is 5.91 Å². The SMILES string of the molecule is O=C(NNc1ccc(F)cc1F)c1occc1COc1ccccc1. The Morgan fingerprint density at radius 2 is 1.88 bits per heavy atom. The summed E-state index contributed by atoms with van der Waals surface area (Å²) < 4.78 is 37.1. The smallest absolute Gasteiger partial charge is 0.305 e. The van der Waals surface area contributed by atoms with E-state index in [1.165, 1.54) is 12.3 Å². The number of benzene rings is 2. The van der Waals surface area contributed by atoms with Crippen LogP contribution in [-0.4, -0.2) is 5.91 Å². The first-order chi connectivity index (χ1) is 12.1. The van der Waals surface area contributed by atoms with Crippen LogP contribution in [0, 0.1) is 11.6 Å². The van der Waals surface area contributed by atoms with E-state index in [2.05, 4.69) is 10.9 Å². The van der Waals surface area contributed by atoms with Gasteiger partial charge in [-0.1, -0.05) is 18.2 Å². The topological polar surface area (TPSA) is 63.5 Å². The quantitative estimate of drug-likeness (QED) is 0.666. The largest absolute Gasteiger partial charge is 0.489 e. The van der Waals surface area contributed by atoms with Gasteiger partial charge in [0.1, 0.15) is 18.2 Å². The van der Waals surface area contributed by atoms with Crippen LogP contribution in [0.4, 0.5) is 14.5 Å². The standard InChI is InChI=1S/C18H14F2N2O3/c19-13-6-7-16(15(20)10-13)21-22-18(23)17-12(8-9-24-17)11-25-14-4-2-1-3-5-14/h1-10,21H,11H2,(H,22,23). The third-order valence-corrected chi connectivity index (χ3v) is 3.33. The van der Waals surface area contributed by atoms with Gasteiger partial charge in [0.15, 0.2) is 11.6 Å². The van der Waals surface area contributed by atoms with Gasteiger partial charge in [0.2, 0.25) is 0 Å². The molecular weight excluding hydrogens is 330 g/mol. The molecule has 2 aromatic carbocycles. The van der Waals surface area contributed by atoms with E-state index in [-0.39, 0.29) is 18.1 Å². The zero-order valence-electron chi connectivity index (χ0n) is 13.0. The number of hydrazine groups is 1. The number of amides is 1. The van der Waals surface area contributed by atoms with Crippen molar-refractivity contribution in [1.82, 2.24) is 5.43 Å². The molecule has 0 spiro atoms. The molecule has 2 N–H and O–H groups in total. The molecule has 0 unspecified atom stereocenters. The molecule has 1 amide bonds. The molecule has 25 heavy (non-hydrogen) atoms. The molecule has 0 aliphatic rings. The highest BCUT2D eigenvalue weighted by molar-refractivity contribution is 5.93. The lowest BCUT2D eigenvalue weighted by Crippen LogP contribution is -2.30. The number of para-hydroxylation sites is 1. The van der Waals surface area contributed by atoms with Gasteiger partial charge < -0.3 is 9.15 Å². The summed E-state index contributed by atoms with van der Waals surface area (Å²) in [6.45, 7) is 0.133. The molecule has 0 aliphatic carbocycles. The third kappa shape index (κ3) is 4.14. The Kier molecular flexibility index (Phi) is 4.94. The molecule has 0 aliphatic heterocycles. The van der Waals surface area contributed by atoms with Crippen LogP contribution in [0.25, 0.3) is 0 Å². The Morgan fingerprint density at radius 1 is 1.08 bits per heavy atom. The lowest BCUT2D eigenvalue weighted by Gasteiger charge is -2.09. The Morgan fingerprint density at radius 3 is 2.64 bits per heavy atom. The molecule has 7 heteroatoms. The van der Waals surface area contributed by atoms with E-state index in [1.54, 1.807) is 18.2 Å². The molecule has 1 heterocycles. The molecule has 3 rings (SSSR count). The van der Waals surface area contributed by atoms with E-state index in [1.807, 2.05) is 18.2 Å². The molecule has 0 atom stereocenters. The Hall–Kier alpha value is -3.35. The second-order valence-electron chi connectivity index (χ2n) is 5.08. The molecule has 0 saturated heterocycles. The van der Waals surface area contributed by atoms with Gasteiger partial charge in [-0.2, -0.15) is 0 Å². The number of hydrogen-bond donors (Lipinski definition) is 2. The van der Waals surface area contributed by atoms with Gasteiger partial charge in [0, 0.05) is 11.6 Å². The molecule has 1 aromatic heterocycles. The van der Waals surface area contributed by atoms with Crippen LogP contribution in [0.2, 0.25) is 0 Å². The summed E-state index contributed by atoms with van der Waals surface area (Å²) in [6, 6.07) is 13.7. The lowest BCUT2D eigenvalue weighted by molar-refractivity contribution is 0.0931. The second kappa shape index (κ2) is 7.48. The second-order valence-corrected chi connectivity index (χ2v) is 5.08. The summed E-state index contributed by atoms with van der Waals surface area (Å²) in [6.07, 6.45) is 1.36. The third-order valence-electron chi connectivity index (χ3n) is 3.33. The summed E-state index contributed by atoms with van der Waals surface area (Å²) in [5, 5.41) is 0. The van der Waals surface area contributed by atoms with Crippen molar-refractivity contribution in [1.29, 1.82) is 0 Å². The number of anilines is 1. The fourth-order valence-corrected chi connectivity index (χ4v) is 2.10. The van der Waals surface area contributed by atoms with Crippen LogP contribution in [0.5, 0.6) is 5.75 Å². The van der Waals surface area contributed by atoms with Crippen molar-refractivity contribution in [3.63, 3.8) is 0 Å². The number of ether oxygens (including phenoxy) is 1. The maximum Gasteiger partial charge on any atom is 0.305 e. The molecule has 128 valence electrons. The van der Waals surface area contributed by atoms with E-state index < -0.39 is 17.5 Å². The number of carbonyl (C=O) groups is 1. The lowest BCUT2D eigenvalue weighted by atomic mass is 10.2. The van der Waals surface area contributed by atoms with Crippen molar-refractivity contribution in [2.45, 2.75) is 6.61 Å². The van der Waals surface area contributed by atoms with E-state index in [0.29, 0.717) is 17.4 Å². The molecule has 5 nitrogen and oxygen atoms in total. The summed E-state index contributed by atoms with van der Waals surface area (Å²) >= 11 is 0. The summed E-state index contributed by atoms with van der Waals surface area (Å²) in [7, 11) is 0. The minimum Gasteiger partial charge on any atom is -0.489 e. The van der Waals surface area contributed by atoms with Gasteiger partial charge in [-0.05, 0) is 30.3 Å². The van der Waals surface area contributed by atoms with Crippen molar-refractivity contribution in [2.24, 2.45) is 0 Å². The fourth-order valence-electron chi connectivity index (χ4n) is 2.10. The van der Waals surface area contributed by atoms with Crippen molar-refractivity contribution in [3.05, 3.63) is 83.8 Å². The van der Waals surface area contributed by atoms with E-state index in [0.717, 1.165) is 6.07 Å². The zero-order valence-corrected chi connectivity index (χ0v) is 13.0. The zero-order chi connectivity index (χ0) is 17.6. The number of rotatable bonds is 6. The number of hydrogen-bond acceptors (Lipinski definition) is 4. The van der Waals surface area contributed by atoms with Crippen LogP contribution < -0.4 is 15.6 Å². The monoisotopic (exact) mass is 344 g/mol. The number of halogens is 2. The van der Waals surface area contributed by atoms with Crippen LogP contribution in [0.1, 0.15) is 16.1 Å². The van der Waals surface area contributed by atoms with Gasteiger partial charge in [-0.25, -0.2) is 8.78 Å². The van der Waals surface area contributed by atoms with Gasteiger partial charge in [-0.15, -0.1) is 0 Å². The van der Waals surface area contributed by atoms with E-state index in [4.69, 9.17) is 9.15 Å². The van der Waals surface area contributed by atoms with Crippen molar-refractivity contribution < 1.29 is 22.7 Å². The minimum absolute atomic E-state index is 0.0333. The average molecular weight is 344 g/mol. The Balaban J connectivity index is 1.62. The fraction of sp³-hybridized carbons (Fsp3) is 0.0556. The molecule has 3 aromatic rings. The van der Waals surface area contributed by atoms with Gasteiger partial charge in [0.25, 0.3) is 0 Å². The molecule has 0 radical (unpaired) electrons. The average Bonchev–Trinajstić information content (AvgIpc) is 3.08. The number of furan rings is 1. The summed E-state index contributed by atoms with van der Waals surface area (Å²) in [4.78, 5) is 12.2. The normalized spacial score (nSPS) is 10.3. The number of nitrogens with one attached hydrogen (secondary N) is 2. The van der Waals surface area contributed by atoms with Crippen LogP contribution in [0.3, 0.4) is 0 Å². The summed E-state index contributed by atoms with van der Waals surface area (Å²) in [5.41, 5.74) is 5.15. The highest BCUT2D eigenvalue weighted by Gasteiger charge is 2.16. The maximum absolute atomic E-state index is 13.5. The van der Waals surface area contributed by atoms with Crippen LogP contribution in [0.15, 0.2) is 65.3 Å². The molecule has 0 bridgehead atoms. The summed E-state index contributed by atoms with van der Waals surface area (Å²) in [5.74, 6) is -1.46. The Bertz CT molecular complexity index is 866. The van der Waals surface area contributed by atoms with Crippen molar-refractivity contribution in [2.75, 3.05) is 5.43 Å². The highest BCUT2D eigenvalue weighted by atomic mass is 19.1. The molecule has 0 saturated carbocycles. The minimum atomic E-state index is -0.827. The van der Waals surface area contributed by atoms with Crippen molar-refractivity contribution in [3.8, 4) is 5.75 Å². The maximum atomic E-state index is 13.5. The first-order valence-electron chi connectivity index (χ1n) is 7.39. The predicted molar refractivity (Wildman–Crippen MR) is 86.9 cm³/mol. The van der Waals surface area contributed by atoms with Gasteiger partial charge in [-0.3, -0.25) is 15.6 Å². The van der Waals surface area contributed by atoms with Crippen LogP contribution >= 0.6 is 0 Å². The molecule has 0 fully saturated rings. The Labute approximate surface area is 142 Å². The predicted octanol–water partition coefficient (Wildman–Crippen LogP) is 3.89. The first kappa shape index (κ1) is 16.5. The van der Waals surface area contributed by atoms with Gasteiger partial charge in [0.05, 0.1) is 12.0 Å². The molecular formula is C18H14F2N2O3. The first-order valence-corrected chi connectivity index (χ1v) is 7.39. The van der Waals surface area contributed by atoms with Crippen molar-refractivity contribution >= 4 is 11.6 Å².